The molecule has 8 heteroatoms. The Kier molecular flexibility index (Phi) is 7.49. The van der Waals surface area contributed by atoms with Gasteiger partial charge in [0, 0.05) is 23.3 Å². The van der Waals surface area contributed by atoms with E-state index in [0.29, 0.717) is 0 Å². The number of halogens is 1. The Labute approximate surface area is 163 Å². The molecule has 0 fully saturated rings. The molecule has 1 aromatic heterocycles. The second-order valence-corrected chi connectivity index (χ2v) is 7.03. The normalized spacial score (nSPS) is 10.6. The minimum Gasteiger partial charge on any atom is -0.497 e. The molecule has 0 aliphatic carbocycles. The summed E-state index contributed by atoms with van der Waals surface area (Å²) in [6.07, 6.45) is 0. The number of hydrogen-bond acceptors (Lipinski definition) is 6. The molecule has 0 aliphatic heterocycles. The molecule has 1 heterocycles. The predicted molar refractivity (Wildman–Crippen MR) is 92.7 cm³/mol. The highest BCUT2D eigenvalue weighted by Crippen LogP contribution is 2.33. The summed E-state index contributed by atoms with van der Waals surface area (Å²) in [6.45, 7) is 0. The van der Waals surface area contributed by atoms with Gasteiger partial charge >= 0.3 is 0 Å². The molecular formula is C19H17ClO6S. The molecule has 0 saturated carbocycles. The molecule has 2 aromatic carbocycles. The largest absolute Gasteiger partial charge is 0.497 e. The number of methoxy groups -OCH3 is 2. The van der Waals surface area contributed by atoms with E-state index < -0.39 is 10.2 Å². The molecule has 0 unspecified atom stereocenters. The van der Waals surface area contributed by atoms with Crippen LogP contribution in [0, 0.1) is 10.2 Å². The molecule has 3 rings (SSSR count). The highest BCUT2D eigenvalue weighted by atomic mass is 35.7. The van der Waals surface area contributed by atoms with Crippen LogP contribution >= 0.6 is 11.3 Å². The summed E-state index contributed by atoms with van der Waals surface area (Å²) >= 11 is 1.77. The van der Waals surface area contributed by atoms with E-state index in [9.17, 15) is 0 Å². The number of ether oxygens (including phenoxy) is 2. The second kappa shape index (κ2) is 9.61. The van der Waals surface area contributed by atoms with Crippen LogP contribution in [-0.4, -0.2) is 14.2 Å². The Hall–Kier alpha value is -2.26. The molecule has 27 heavy (non-hydrogen) atoms. The summed E-state index contributed by atoms with van der Waals surface area (Å²) in [4.78, 5) is 2.46. The van der Waals surface area contributed by atoms with Gasteiger partial charge in [-0.25, -0.2) is 18.6 Å². The average molecular weight is 409 g/mol. The Morgan fingerprint density at radius 3 is 1.26 bits per heavy atom. The number of rotatable bonds is 4. The van der Waals surface area contributed by atoms with E-state index in [1.807, 2.05) is 24.3 Å². The van der Waals surface area contributed by atoms with Crippen LogP contribution in [0.25, 0.3) is 20.9 Å². The zero-order valence-corrected chi connectivity index (χ0v) is 16.2. The van der Waals surface area contributed by atoms with Crippen molar-refractivity contribution in [3.63, 3.8) is 0 Å². The van der Waals surface area contributed by atoms with Crippen LogP contribution in [0.5, 0.6) is 11.5 Å². The van der Waals surface area contributed by atoms with Crippen molar-refractivity contribution in [1.29, 1.82) is 0 Å². The van der Waals surface area contributed by atoms with E-state index in [2.05, 4.69) is 42.5 Å². The highest BCUT2D eigenvalue weighted by Gasteiger charge is 2.15. The van der Waals surface area contributed by atoms with Crippen molar-refractivity contribution < 1.29 is 38.4 Å². The maximum atomic E-state index is 8.49. The SMILES string of the molecule is COc1ccc(-c2cccc(-c3ccc(OC)cc3)[s+]2)cc1.[O-][Cl+3]([O-])([O-])[O-]. The van der Waals surface area contributed by atoms with Gasteiger partial charge in [0.2, 0.25) is 21.1 Å². The van der Waals surface area contributed by atoms with Crippen molar-refractivity contribution in [2.45, 2.75) is 0 Å². The lowest BCUT2D eigenvalue weighted by Gasteiger charge is -2.17. The summed E-state index contributed by atoms with van der Waals surface area (Å²) in [5.74, 6) is 1.75. The zero-order chi connectivity index (χ0) is 19.9. The molecule has 0 radical (unpaired) electrons. The van der Waals surface area contributed by atoms with Gasteiger partial charge in [0.05, 0.1) is 14.2 Å². The Morgan fingerprint density at radius 1 is 0.630 bits per heavy atom. The van der Waals surface area contributed by atoms with E-state index in [1.165, 1.54) is 20.9 Å². The first-order chi connectivity index (χ1) is 12.8. The van der Waals surface area contributed by atoms with Crippen LogP contribution < -0.4 is 28.1 Å². The third-order valence-corrected chi connectivity index (χ3v) is 4.65. The molecule has 0 aliphatic rings. The molecule has 6 nitrogen and oxygen atoms in total. The summed E-state index contributed by atoms with van der Waals surface area (Å²) < 4.78 is 44.4. The summed E-state index contributed by atoms with van der Waals surface area (Å²) in [6, 6.07) is 22.7. The smallest absolute Gasteiger partial charge is 0.238 e. The van der Waals surface area contributed by atoms with Crippen molar-refractivity contribution in [2.75, 3.05) is 14.2 Å². The lowest BCUT2D eigenvalue weighted by Crippen LogP contribution is -2.68. The minimum atomic E-state index is -4.94. The summed E-state index contributed by atoms with van der Waals surface area (Å²) in [5, 5.41) is 0. The first kappa shape index (κ1) is 21.0. The average Bonchev–Trinajstić information content (AvgIpc) is 2.67. The molecule has 142 valence electrons. The second-order valence-electron chi connectivity index (χ2n) is 5.19. The first-order valence-electron chi connectivity index (χ1n) is 7.64. The Balaban J connectivity index is 0.000000465. The van der Waals surface area contributed by atoms with E-state index >= 15 is 0 Å². The quantitative estimate of drug-likeness (QED) is 0.585. The van der Waals surface area contributed by atoms with Crippen molar-refractivity contribution in [2.24, 2.45) is 0 Å². The minimum absolute atomic E-state index is 0.875. The Morgan fingerprint density at radius 2 is 0.963 bits per heavy atom. The van der Waals surface area contributed by atoms with Crippen LogP contribution in [0.4, 0.5) is 0 Å². The van der Waals surface area contributed by atoms with E-state index in [4.69, 9.17) is 28.1 Å². The lowest BCUT2D eigenvalue weighted by molar-refractivity contribution is -2.00. The number of benzene rings is 2. The predicted octanol–water partition coefficient (Wildman–Crippen LogP) is 0.624. The van der Waals surface area contributed by atoms with Gasteiger partial charge in [-0.3, -0.25) is 0 Å². The highest BCUT2D eigenvalue weighted by molar-refractivity contribution is 7.18. The van der Waals surface area contributed by atoms with Gasteiger partial charge in [-0.1, -0.05) is 6.07 Å². The molecule has 0 saturated heterocycles. The van der Waals surface area contributed by atoms with Crippen molar-refractivity contribution in [3.8, 4) is 32.4 Å². The summed E-state index contributed by atoms with van der Waals surface area (Å²) in [5.41, 5.74) is 2.39. The Bertz CT molecular complexity index is 779. The van der Waals surface area contributed by atoms with Crippen molar-refractivity contribution >= 4 is 11.3 Å². The van der Waals surface area contributed by atoms with Gasteiger partial charge in [0.25, 0.3) is 0 Å². The van der Waals surface area contributed by atoms with E-state index in [0.717, 1.165) is 11.5 Å². The third kappa shape index (κ3) is 7.10. The van der Waals surface area contributed by atoms with E-state index in [1.54, 1.807) is 25.6 Å². The van der Waals surface area contributed by atoms with Gasteiger partial charge in [-0.15, -0.1) is 10.2 Å². The molecule has 0 atom stereocenters. The maximum Gasteiger partial charge on any atom is 0.238 e. The van der Waals surface area contributed by atoms with Crippen LogP contribution in [0.3, 0.4) is 0 Å². The van der Waals surface area contributed by atoms with Gasteiger partial charge in [-0.2, -0.15) is 0 Å². The fraction of sp³-hybridized carbons (Fsp3) is 0.105. The van der Waals surface area contributed by atoms with Crippen LogP contribution in [-0.2, 0) is 0 Å². The number of hydrogen-bond donors (Lipinski definition) is 0. The molecule has 0 bridgehead atoms. The monoisotopic (exact) mass is 408 g/mol. The third-order valence-electron chi connectivity index (χ3n) is 3.46. The van der Waals surface area contributed by atoms with Crippen LogP contribution in [0.1, 0.15) is 0 Å². The first-order valence-corrected chi connectivity index (χ1v) is 9.69. The molecule has 0 amide bonds. The van der Waals surface area contributed by atoms with Crippen LogP contribution in [0.15, 0.2) is 66.7 Å². The van der Waals surface area contributed by atoms with E-state index in [-0.39, 0.29) is 0 Å². The maximum absolute atomic E-state index is 8.49. The van der Waals surface area contributed by atoms with Crippen LogP contribution in [0.2, 0.25) is 0 Å². The molecule has 0 spiro atoms. The molecule has 3 aromatic rings. The van der Waals surface area contributed by atoms with Crippen molar-refractivity contribution in [3.05, 3.63) is 66.7 Å². The lowest BCUT2D eigenvalue weighted by atomic mass is 10.1. The van der Waals surface area contributed by atoms with Gasteiger partial charge < -0.3 is 9.47 Å². The summed E-state index contributed by atoms with van der Waals surface area (Å²) in [7, 11) is -1.58. The zero-order valence-electron chi connectivity index (χ0n) is 14.6. The van der Waals surface area contributed by atoms with Gasteiger partial charge in [-0.05, 0) is 48.5 Å². The topological polar surface area (TPSA) is 111 Å². The van der Waals surface area contributed by atoms with Crippen molar-refractivity contribution in [1.82, 2.24) is 0 Å². The molecular weight excluding hydrogens is 392 g/mol. The standard InChI is InChI=1S/C19H17O2S.ClHO4/c1-20-16-10-6-14(7-11-16)18-4-3-5-19(22-18)15-8-12-17(21-2)13-9-15;2-1(3,4)5/h3-13H,1-2H3;(H,2,3,4,5)/q+1;/p-1. The van der Waals surface area contributed by atoms with Gasteiger partial charge in [0.15, 0.2) is 0 Å². The fourth-order valence-electron chi connectivity index (χ4n) is 2.23. The van der Waals surface area contributed by atoms with Gasteiger partial charge in [0.1, 0.15) is 11.5 Å². The molecule has 0 N–H and O–H groups in total. The fourth-order valence-corrected chi connectivity index (χ4v) is 3.27.